The molecular weight excluding hydrogens is 350 g/mol. The third-order valence-corrected chi connectivity index (χ3v) is 6.50. The lowest BCUT2D eigenvalue weighted by atomic mass is 9.98. The number of nitrogens with one attached hydrogen (secondary N) is 2. The fraction of sp³-hybridized carbons (Fsp3) is 0.909. The highest BCUT2D eigenvalue weighted by molar-refractivity contribution is 5.80. The van der Waals surface area contributed by atoms with Gasteiger partial charge in [-0.25, -0.2) is 0 Å². The molecule has 1 amide bonds. The molecule has 1 saturated heterocycles. The predicted octanol–water partition coefficient (Wildman–Crippen LogP) is 2.84. The number of likely N-dealkylation sites (tertiary alicyclic amines) is 1. The van der Waals surface area contributed by atoms with Crippen molar-refractivity contribution in [2.75, 3.05) is 39.8 Å². The van der Waals surface area contributed by atoms with Crippen LogP contribution in [-0.2, 0) is 4.79 Å². The summed E-state index contributed by atoms with van der Waals surface area (Å²) in [4.78, 5) is 21.9. The smallest absolute Gasteiger partial charge is 0.225 e. The van der Waals surface area contributed by atoms with E-state index in [1.54, 1.807) is 0 Å². The van der Waals surface area contributed by atoms with Crippen molar-refractivity contribution in [3.05, 3.63) is 0 Å². The monoisotopic (exact) mass is 393 g/mol. The van der Waals surface area contributed by atoms with E-state index in [-0.39, 0.29) is 5.92 Å². The third kappa shape index (κ3) is 6.94. The number of guanidine groups is 1. The van der Waals surface area contributed by atoms with Gasteiger partial charge in [0.2, 0.25) is 5.91 Å². The van der Waals surface area contributed by atoms with Crippen molar-refractivity contribution >= 4 is 11.9 Å². The lowest BCUT2D eigenvalue weighted by Gasteiger charge is -2.35. The van der Waals surface area contributed by atoms with Crippen LogP contribution in [0.1, 0.15) is 72.1 Å². The van der Waals surface area contributed by atoms with Gasteiger partial charge >= 0.3 is 0 Å². The van der Waals surface area contributed by atoms with E-state index in [2.05, 4.69) is 48.3 Å². The summed E-state index contributed by atoms with van der Waals surface area (Å²) in [6.07, 6.45) is 9.32. The number of nitrogens with zero attached hydrogens (tertiary/aromatic N) is 3. The van der Waals surface area contributed by atoms with Crippen molar-refractivity contribution in [1.82, 2.24) is 20.4 Å². The molecule has 0 unspecified atom stereocenters. The van der Waals surface area contributed by atoms with Gasteiger partial charge in [0, 0.05) is 44.2 Å². The van der Waals surface area contributed by atoms with Gasteiger partial charge in [-0.1, -0.05) is 26.7 Å². The van der Waals surface area contributed by atoms with Crippen LogP contribution in [0.2, 0.25) is 0 Å². The van der Waals surface area contributed by atoms with Gasteiger partial charge in [0.05, 0.1) is 6.54 Å². The Labute approximate surface area is 172 Å². The Hall–Kier alpha value is -1.30. The molecule has 2 rings (SSSR count). The first-order valence-electron chi connectivity index (χ1n) is 11.6. The lowest BCUT2D eigenvalue weighted by Crippen LogP contribution is -2.50. The molecule has 162 valence electrons. The van der Waals surface area contributed by atoms with Crippen LogP contribution in [0.25, 0.3) is 0 Å². The average molecular weight is 394 g/mol. The minimum atomic E-state index is 0.195. The summed E-state index contributed by atoms with van der Waals surface area (Å²) in [5.41, 5.74) is 0. The summed E-state index contributed by atoms with van der Waals surface area (Å²) in [6.45, 7) is 10.8. The third-order valence-electron chi connectivity index (χ3n) is 6.50. The number of likely N-dealkylation sites (N-methyl/N-ethyl adjacent to an activating group) is 1. The highest BCUT2D eigenvalue weighted by Crippen LogP contribution is 2.22. The van der Waals surface area contributed by atoms with E-state index in [0.717, 1.165) is 70.4 Å². The van der Waals surface area contributed by atoms with E-state index in [1.807, 2.05) is 0 Å². The van der Waals surface area contributed by atoms with Crippen LogP contribution in [0.4, 0.5) is 0 Å². The van der Waals surface area contributed by atoms with E-state index < -0.39 is 0 Å². The second-order valence-electron chi connectivity index (χ2n) is 8.44. The highest BCUT2D eigenvalue weighted by Gasteiger charge is 2.26. The number of amides is 1. The Morgan fingerprint density at radius 1 is 1.11 bits per heavy atom. The van der Waals surface area contributed by atoms with Gasteiger partial charge in [-0.15, -0.1) is 0 Å². The Kier molecular flexibility index (Phi) is 10.1. The Bertz CT molecular complexity index is 477. The number of rotatable bonds is 9. The lowest BCUT2D eigenvalue weighted by molar-refractivity contribution is -0.136. The molecule has 0 bridgehead atoms. The molecule has 0 atom stereocenters. The summed E-state index contributed by atoms with van der Waals surface area (Å²) < 4.78 is 0. The van der Waals surface area contributed by atoms with E-state index >= 15 is 0 Å². The number of carbonyl (C=O) groups is 1. The first-order chi connectivity index (χ1) is 13.6. The average Bonchev–Trinajstić information content (AvgIpc) is 3.24. The molecule has 0 spiro atoms. The molecule has 1 heterocycles. The molecule has 0 aromatic rings. The van der Waals surface area contributed by atoms with Crippen LogP contribution >= 0.6 is 0 Å². The second-order valence-corrected chi connectivity index (χ2v) is 8.44. The van der Waals surface area contributed by atoms with Crippen molar-refractivity contribution in [1.29, 1.82) is 0 Å². The van der Waals surface area contributed by atoms with Gasteiger partial charge in [-0.3, -0.25) is 9.79 Å². The van der Waals surface area contributed by atoms with Crippen LogP contribution in [0.15, 0.2) is 4.99 Å². The SMILES string of the molecule is CCNC(=NCCN(C)C1CCCC1)NC1CCN(C(=O)C(CC)CC)CC1. The number of piperidine rings is 1. The molecule has 2 aliphatic rings. The van der Waals surface area contributed by atoms with Gasteiger partial charge in [-0.2, -0.15) is 0 Å². The molecule has 6 heteroatoms. The summed E-state index contributed by atoms with van der Waals surface area (Å²) >= 11 is 0. The van der Waals surface area contributed by atoms with E-state index in [0.29, 0.717) is 11.9 Å². The number of aliphatic imine (C=N–C) groups is 1. The molecule has 0 radical (unpaired) electrons. The minimum absolute atomic E-state index is 0.195. The standard InChI is InChI=1S/C22H43N5O/c1-5-18(6-2)21(28)27-15-12-19(13-16-27)25-22(23-7-3)24-14-17-26(4)20-10-8-9-11-20/h18-20H,5-17H2,1-4H3,(H2,23,24,25). The zero-order valence-electron chi connectivity index (χ0n) is 18.7. The fourth-order valence-electron chi connectivity index (χ4n) is 4.50. The molecule has 6 nitrogen and oxygen atoms in total. The van der Waals surface area contributed by atoms with Gasteiger partial charge in [0.25, 0.3) is 0 Å². The Balaban J connectivity index is 1.76. The van der Waals surface area contributed by atoms with Gasteiger partial charge in [-0.05, 0) is 52.5 Å². The first kappa shape index (κ1) is 23.0. The molecule has 1 aliphatic heterocycles. The molecule has 0 aromatic heterocycles. The number of carbonyl (C=O) groups excluding carboxylic acids is 1. The zero-order chi connectivity index (χ0) is 20.4. The molecule has 0 aromatic carbocycles. The quantitative estimate of drug-likeness (QED) is 0.467. The van der Waals surface area contributed by atoms with E-state index in [1.165, 1.54) is 25.7 Å². The van der Waals surface area contributed by atoms with Gasteiger partial charge in [0.15, 0.2) is 5.96 Å². The Morgan fingerprint density at radius 2 is 1.75 bits per heavy atom. The van der Waals surface area contributed by atoms with Crippen molar-refractivity contribution in [2.45, 2.75) is 84.2 Å². The molecule has 1 saturated carbocycles. The van der Waals surface area contributed by atoms with Crippen LogP contribution in [0.5, 0.6) is 0 Å². The van der Waals surface area contributed by atoms with Crippen LogP contribution in [-0.4, -0.2) is 73.5 Å². The van der Waals surface area contributed by atoms with E-state index in [9.17, 15) is 4.79 Å². The molecule has 2 N–H and O–H groups in total. The molecule has 28 heavy (non-hydrogen) atoms. The van der Waals surface area contributed by atoms with Gasteiger partial charge in [0.1, 0.15) is 0 Å². The second kappa shape index (κ2) is 12.3. The van der Waals surface area contributed by atoms with Crippen LogP contribution < -0.4 is 10.6 Å². The van der Waals surface area contributed by atoms with Crippen LogP contribution in [0.3, 0.4) is 0 Å². The van der Waals surface area contributed by atoms with Crippen LogP contribution in [0, 0.1) is 5.92 Å². The van der Waals surface area contributed by atoms with Gasteiger partial charge < -0.3 is 20.4 Å². The van der Waals surface area contributed by atoms with Crippen molar-refractivity contribution in [2.24, 2.45) is 10.9 Å². The van der Waals surface area contributed by atoms with E-state index in [4.69, 9.17) is 4.99 Å². The first-order valence-corrected chi connectivity index (χ1v) is 11.6. The molecular formula is C22H43N5O. The molecule has 2 fully saturated rings. The summed E-state index contributed by atoms with van der Waals surface area (Å²) in [5.74, 6) is 1.46. The summed E-state index contributed by atoms with van der Waals surface area (Å²) in [6, 6.07) is 1.15. The highest BCUT2D eigenvalue weighted by atomic mass is 16.2. The van der Waals surface area contributed by atoms with Crippen molar-refractivity contribution in [3.8, 4) is 0 Å². The number of hydrogen-bond acceptors (Lipinski definition) is 3. The summed E-state index contributed by atoms with van der Waals surface area (Å²) in [5, 5.41) is 6.98. The maximum Gasteiger partial charge on any atom is 0.225 e. The van der Waals surface area contributed by atoms with Crippen molar-refractivity contribution < 1.29 is 4.79 Å². The Morgan fingerprint density at radius 3 is 2.32 bits per heavy atom. The van der Waals surface area contributed by atoms with Crippen molar-refractivity contribution in [3.63, 3.8) is 0 Å². The minimum Gasteiger partial charge on any atom is -0.357 e. The fourth-order valence-corrected chi connectivity index (χ4v) is 4.50. The predicted molar refractivity (Wildman–Crippen MR) is 118 cm³/mol. The largest absolute Gasteiger partial charge is 0.357 e. The topological polar surface area (TPSA) is 60.0 Å². The molecule has 1 aliphatic carbocycles. The number of hydrogen-bond donors (Lipinski definition) is 2. The zero-order valence-corrected chi connectivity index (χ0v) is 18.7. The maximum atomic E-state index is 12.6. The maximum absolute atomic E-state index is 12.6. The normalized spacial score (nSPS) is 19.6. The summed E-state index contributed by atoms with van der Waals surface area (Å²) in [7, 11) is 2.23.